The number of aliphatic hydroxyl groups excluding tert-OH is 1. The van der Waals surface area contributed by atoms with Gasteiger partial charge in [0.05, 0.1) is 30.6 Å². The van der Waals surface area contributed by atoms with Crippen LogP contribution in [-0.2, 0) is 14.3 Å². The predicted octanol–water partition coefficient (Wildman–Crippen LogP) is 6.13. The maximum atomic E-state index is 11.6. The Balaban J connectivity index is 2.34. The van der Waals surface area contributed by atoms with Gasteiger partial charge in [-0.1, -0.05) is 82.8 Å². The molecule has 0 bridgehead atoms. The molecule has 1 saturated carbocycles. The van der Waals surface area contributed by atoms with Crippen LogP contribution in [0.4, 0.5) is 0 Å². The number of esters is 1. The van der Waals surface area contributed by atoms with E-state index in [2.05, 4.69) is 13.0 Å². The Morgan fingerprint density at radius 2 is 1.61 bits per heavy atom. The van der Waals surface area contributed by atoms with E-state index in [9.17, 15) is 14.7 Å². The first-order valence-electron chi connectivity index (χ1n) is 12.3. The second-order valence-electron chi connectivity index (χ2n) is 8.80. The van der Waals surface area contributed by atoms with Gasteiger partial charge in [-0.15, -0.1) is 11.8 Å². The van der Waals surface area contributed by atoms with Crippen molar-refractivity contribution in [2.75, 3.05) is 12.9 Å². The monoisotopic (exact) mass is 456 g/mol. The largest absolute Gasteiger partial charge is 0.481 e. The fourth-order valence-corrected chi connectivity index (χ4v) is 5.60. The van der Waals surface area contributed by atoms with Gasteiger partial charge in [0.1, 0.15) is 0 Å². The third kappa shape index (κ3) is 12.6. The summed E-state index contributed by atoms with van der Waals surface area (Å²) in [6.07, 6.45) is 18.4. The molecule has 6 heteroatoms. The molecule has 5 nitrogen and oxygen atoms in total. The van der Waals surface area contributed by atoms with Crippen LogP contribution in [0.25, 0.3) is 0 Å². The standard InChI is InChI=1S/C25H44O5S/c1-3-4-5-6-7-8-9-10-11-12-13-14-15-20-16-17-21(18-22(26)27)24(29)25(20)31-19-23(28)30-2/h15,21,24-25,29H,3-14,16-19H2,1-2H3,(H,26,27)/b20-15+/t21-,24-,25-/m1/s1. The molecule has 0 aliphatic heterocycles. The van der Waals surface area contributed by atoms with Crippen LogP contribution in [0.2, 0.25) is 0 Å². The number of aliphatic hydroxyl groups is 1. The summed E-state index contributed by atoms with van der Waals surface area (Å²) in [5.74, 6) is -1.28. The van der Waals surface area contributed by atoms with Gasteiger partial charge in [-0.2, -0.15) is 0 Å². The van der Waals surface area contributed by atoms with E-state index >= 15 is 0 Å². The van der Waals surface area contributed by atoms with E-state index in [1.165, 1.54) is 83.1 Å². The number of allylic oxidation sites excluding steroid dienone is 1. The lowest BCUT2D eigenvalue weighted by Gasteiger charge is -2.36. The first-order valence-corrected chi connectivity index (χ1v) is 13.3. The van der Waals surface area contributed by atoms with E-state index in [1.807, 2.05) is 0 Å². The van der Waals surface area contributed by atoms with Gasteiger partial charge in [0.25, 0.3) is 0 Å². The normalized spacial score (nSPS) is 22.5. The van der Waals surface area contributed by atoms with Crippen molar-refractivity contribution in [2.24, 2.45) is 5.92 Å². The summed E-state index contributed by atoms with van der Waals surface area (Å²) in [7, 11) is 1.36. The highest BCUT2D eigenvalue weighted by Crippen LogP contribution is 2.38. The highest BCUT2D eigenvalue weighted by molar-refractivity contribution is 8.00. The third-order valence-electron chi connectivity index (χ3n) is 6.22. The minimum atomic E-state index is -0.880. The van der Waals surface area contributed by atoms with Crippen molar-refractivity contribution in [3.8, 4) is 0 Å². The minimum absolute atomic E-state index is 0.0255. The van der Waals surface area contributed by atoms with E-state index in [4.69, 9.17) is 9.84 Å². The third-order valence-corrected chi connectivity index (χ3v) is 7.56. The smallest absolute Gasteiger partial charge is 0.315 e. The number of carboxylic acid groups (broad SMARTS) is 1. The lowest BCUT2D eigenvalue weighted by atomic mass is 9.80. The van der Waals surface area contributed by atoms with Gasteiger partial charge < -0.3 is 14.9 Å². The fourth-order valence-electron chi connectivity index (χ4n) is 4.32. The summed E-state index contributed by atoms with van der Waals surface area (Å²) < 4.78 is 4.73. The van der Waals surface area contributed by atoms with E-state index in [-0.39, 0.29) is 29.3 Å². The van der Waals surface area contributed by atoms with Crippen LogP contribution in [0.15, 0.2) is 11.6 Å². The molecular formula is C25H44O5S. The topological polar surface area (TPSA) is 83.8 Å². The van der Waals surface area contributed by atoms with Gasteiger partial charge in [-0.25, -0.2) is 0 Å². The Bertz CT molecular complexity index is 534. The summed E-state index contributed by atoms with van der Waals surface area (Å²) >= 11 is 1.38. The molecule has 1 aliphatic rings. The van der Waals surface area contributed by atoms with Crippen LogP contribution in [-0.4, -0.2) is 46.4 Å². The van der Waals surface area contributed by atoms with Crippen molar-refractivity contribution >= 4 is 23.7 Å². The maximum absolute atomic E-state index is 11.6. The van der Waals surface area contributed by atoms with Crippen molar-refractivity contribution in [1.29, 1.82) is 0 Å². The zero-order valence-corrected chi connectivity index (χ0v) is 20.5. The Morgan fingerprint density at radius 1 is 1.03 bits per heavy atom. The average Bonchev–Trinajstić information content (AvgIpc) is 2.75. The second kappa shape index (κ2) is 17.5. The number of carbonyl (C=O) groups excluding carboxylic acids is 1. The van der Waals surface area contributed by atoms with Crippen molar-refractivity contribution in [3.05, 3.63) is 11.6 Å². The summed E-state index contributed by atoms with van der Waals surface area (Å²) in [5.41, 5.74) is 1.16. The van der Waals surface area contributed by atoms with Crippen LogP contribution in [0.5, 0.6) is 0 Å². The first kappa shape index (κ1) is 28.0. The van der Waals surface area contributed by atoms with E-state index < -0.39 is 12.1 Å². The lowest BCUT2D eigenvalue weighted by Crippen LogP contribution is -2.38. The van der Waals surface area contributed by atoms with E-state index in [1.54, 1.807) is 0 Å². The number of thioether (sulfide) groups is 1. The van der Waals surface area contributed by atoms with E-state index in [0.717, 1.165) is 24.8 Å². The van der Waals surface area contributed by atoms with Gasteiger partial charge in [-0.05, 0) is 31.6 Å². The molecule has 1 rings (SSSR count). The van der Waals surface area contributed by atoms with Crippen molar-refractivity contribution in [1.82, 2.24) is 0 Å². The molecular weight excluding hydrogens is 412 g/mol. The van der Waals surface area contributed by atoms with Gasteiger partial charge in [-0.3, -0.25) is 9.59 Å². The minimum Gasteiger partial charge on any atom is -0.481 e. The fraction of sp³-hybridized carbons (Fsp3) is 0.840. The molecule has 0 radical (unpaired) electrons. The number of methoxy groups -OCH3 is 1. The highest BCUT2D eigenvalue weighted by atomic mass is 32.2. The molecule has 3 atom stereocenters. The van der Waals surface area contributed by atoms with Crippen molar-refractivity contribution < 1.29 is 24.5 Å². The Morgan fingerprint density at radius 3 is 2.16 bits per heavy atom. The lowest BCUT2D eigenvalue weighted by molar-refractivity contribution is -0.139. The number of hydrogen-bond acceptors (Lipinski definition) is 5. The molecule has 1 aliphatic carbocycles. The highest BCUT2D eigenvalue weighted by Gasteiger charge is 2.36. The quantitative estimate of drug-likeness (QED) is 0.155. The van der Waals surface area contributed by atoms with Crippen LogP contribution in [0.3, 0.4) is 0 Å². The number of carbonyl (C=O) groups is 2. The summed E-state index contributed by atoms with van der Waals surface area (Å²) in [6, 6.07) is 0. The molecule has 0 saturated heterocycles. The zero-order chi connectivity index (χ0) is 22.9. The molecule has 0 heterocycles. The Hall–Kier alpha value is -1.01. The molecule has 0 amide bonds. The number of hydrogen-bond donors (Lipinski definition) is 2. The van der Waals surface area contributed by atoms with Crippen LogP contribution >= 0.6 is 11.8 Å². The van der Waals surface area contributed by atoms with Gasteiger partial charge >= 0.3 is 11.9 Å². The molecule has 180 valence electrons. The predicted molar refractivity (Wildman–Crippen MR) is 128 cm³/mol. The van der Waals surface area contributed by atoms with Crippen LogP contribution in [0, 0.1) is 5.92 Å². The zero-order valence-electron chi connectivity index (χ0n) is 19.7. The van der Waals surface area contributed by atoms with Crippen LogP contribution < -0.4 is 0 Å². The van der Waals surface area contributed by atoms with E-state index in [0.29, 0.717) is 6.42 Å². The number of unbranched alkanes of at least 4 members (excludes halogenated alkanes) is 11. The summed E-state index contributed by atoms with van der Waals surface area (Å²) in [6.45, 7) is 2.25. The number of aliphatic carboxylic acids is 1. The van der Waals surface area contributed by atoms with Gasteiger partial charge in [0.15, 0.2) is 0 Å². The maximum Gasteiger partial charge on any atom is 0.315 e. The molecule has 0 unspecified atom stereocenters. The summed E-state index contributed by atoms with van der Waals surface area (Å²) in [5, 5.41) is 19.6. The molecule has 0 aromatic rings. The molecule has 0 spiro atoms. The molecule has 2 N–H and O–H groups in total. The van der Waals surface area contributed by atoms with Crippen molar-refractivity contribution in [3.63, 3.8) is 0 Å². The molecule has 0 aromatic heterocycles. The van der Waals surface area contributed by atoms with Crippen LogP contribution in [0.1, 0.15) is 103 Å². The molecule has 1 fully saturated rings. The summed E-state index contributed by atoms with van der Waals surface area (Å²) in [4.78, 5) is 22.7. The Labute approximate surface area is 193 Å². The number of carboxylic acids is 1. The molecule has 31 heavy (non-hydrogen) atoms. The SMILES string of the molecule is CCCCCCCCCCCCC/C=C1\CC[C@H](CC(=O)O)[C@@H](O)[C@@H]1SCC(=O)OC. The van der Waals surface area contributed by atoms with Crippen molar-refractivity contribution in [2.45, 2.75) is 115 Å². The Kier molecular flexibility index (Phi) is 15.9. The number of ether oxygens (including phenoxy) is 1. The second-order valence-corrected chi connectivity index (χ2v) is 9.93. The van der Waals surface area contributed by atoms with Gasteiger partial charge in [0, 0.05) is 0 Å². The first-order chi connectivity index (χ1) is 15.0. The van der Waals surface area contributed by atoms with Gasteiger partial charge in [0.2, 0.25) is 0 Å². The molecule has 0 aromatic carbocycles. The average molecular weight is 457 g/mol. The number of rotatable bonds is 17.